The zero-order valence-electron chi connectivity index (χ0n) is 12.7. The Bertz CT molecular complexity index is 625. The maximum absolute atomic E-state index is 6.32. The first-order chi connectivity index (χ1) is 10.0. The fourth-order valence-corrected chi connectivity index (χ4v) is 2.98. The molecule has 1 unspecified atom stereocenters. The summed E-state index contributed by atoms with van der Waals surface area (Å²) in [6, 6.07) is 13.2. The van der Waals surface area contributed by atoms with Gasteiger partial charge in [-0.25, -0.2) is 0 Å². The van der Waals surface area contributed by atoms with Crippen molar-refractivity contribution in [3.8, 4) is 0 Å². The Morgan fingerprint density at radius 1 is 1.14 bits per heavy atom. The predicted molar refractivity (Wildman–Crippen MR) is 100 cm³/mol. The first kappa shape index (κ1) is 16.8. The van der Waals surface area contributed by atoms with Crippen molar-refractivity contribution >= 4 is 34.2 Å². The van der Waals surface area contributed by atoms with Gasteiger partial charge in [0.25, 0.3) is 0 Å². The summed E-state index contributed by atoms with van der Waals surface area (Å²) in [6.45, 7) is 7.49. The minimum atomic E-state index is 0.194. The van der Waals surface area contributed by atoms with Crippen molar-refractivity contribution in [1.29, 1.82) is 0 Å². The van der Waals surface area contributed by atoms with Gasteiger partial charge in [-0.1, -0.05) is 48.4 Å². The number of halogens is 2. The van der Waals surface area contributed by atoms with Crippen LogP contribution in [0.15, 0.2) is 36.4 Å². The van der Waals surface area contributed by atoms with Gasteiger partial charge in [-0.05, 0) is 78.2 Å². The standard InChI is InChI=1S/C18H21ClIN/c1-4-9-21-18(14-7-8-17(20)16(19)11-14)15-10-12(2)5-6-13(15)3/h5-8,10-11,18,21H,4,9H2,1-3H3. The fraction of sp³-hybridized carbons (Fsp3) is 0.333. The molecule has 112 valence electrons. The summed E-state index contributed by atoms with van der Waals surface area (Å²) in [5, 5.41) is 4.48. The third-order valence-corrected chi connectivity index (χ3v) is 5.19. The number of benzene rings is 2. The summed E-state index contributed by atoms with van der Waals surface area (Å²) >= 11 is 8.58. The molecule has 0 bridgehead atoms. The highest BCUT2D eigenvalue weighted by atomic mass is 127. The van der Waals surface area contributed by atoms with Crippen molar-refractivity contribution in [2.45, 2.75) is 33.2 Å². The Kier molecular flexibility index (Phi) is 6.08. The van der Waals surface area contributed by atoms with Gasteiger partial charge in [-0.3, -0.25) is 0 Å². The highest BCUT2D eigenvalue weighted by Gasteiger charge is 2.16. The lowest BCUT2D eigenvalue weighted by Crippen LogP contribution is -2.24. The van der Waals surface area contributed by atoms with Gasteiger partial charge in [0, 0.05) is 3.57 Å². The summed E-state index contributed by atoms with van der Waals surface area (Å²) in [4.78, 5) is 0. The van der Waals surface area contributed by atoms with Gasteiger partial charge < -0.3 is 5.32 Å². The van der Waals surface area contributed by atoms with E-state index in [-0.39, 0.29) is 6.04 Å². The van der Waals surface area contributed by atoms with Crippen LogP contribution >= 0.6 is 34.2 Å². The quantitative estimate of drug-likeness (QED) is 0.625. The average molecular weight is 414 g/mol. The first-order valence-electron chi connectivity index (χ1n) is 7.28. The third kappa shape index (κ3) is 4.21. The molecule has 21 heavy (non-hydrogen) atoms. The van der Waals surface area contributed by atoms with E-state index in [0.717, 1.165) is 21.6 Å². The normalized spacial score (nSPS) is 12.4. The monoisotopic (exact) mass is 413 g/mol. The Morgan fingerprint density at radius 3 is 2.57 bits per heavy atom. The average Bonchev–Trinajstić information content (AvgIpc) is 2.46. The van der Waals surface area contributed by atoms with Crippen LogP contribution in [-0.2, 0) is 0 Å². The highest BCUT2D eigenvalue weighted by molar-refractivity contribution is 14.1. The SMILES string of the molecule is CCCNC(c1ccc(I)c(Cl)c1)c1cc(C)ccc1C. The van der Waals surface area contributed by atoms with Gasteiger partial charge in [0.05, 0.1) is 11.1 Å². The molecular weight excluding hydrogens is 393 g/mol. The van der Waals surface area contributed by atoms with Crippen LogP contribution in [0.1, 0.15) is 41.6 Å². The maximum Gasteiger partial charge on any atom is 0.0579 e. The topological polar surface area (TPSA) is 12.0 Å². The van der Waals surface area contributed by atoms with E-state index in [2.05, 4.69) is 85.1 Å². The molecule has 0 amide bonds. The summed E-state index contributed by atoms with van der Waals surface area (Å²) in [5.41, 5.74) is 5.16. The van der Waals surface area contributed by atoms with Gasteiger partial charge >= 0.3 is 0 Å². The van der Waals surface area contributed by atoms with Crippen LogP contribution in [0.5, 0.6) is 0 Å². The molecule has 0 heterocycles. The number of hydrogen-bond donors (Lipinski definition) is 1. The van der Waals surface area contributed by atoms with E-state index in [1.54, 1.807) is 0 Å². The second kappa shape index (κ2) is 7.61. The van der Waals surface area contributed by atoms with Crippen LogP contribution in [0.25, 0.3) is 0 Å². The maximum atomic E-state index is 6.32. The molecule has 0 saturated carbocycles. The van der Waals surface area contributed by atoms with E-state index >= 15 is 0 Å². The smallest absolute Gasteiger partial charge is 0.0579 e. The molecule has 0 fully saturated rings. The number of nitrogens with one attached hydrogen (secondary N) is 1. The minimum Gasteiger partial charge on any atom is -0.306 e. The van der Waals surface area contributed by atoms with E-state index in [9.17, 15) is 0 Å². The molecule has 2 aromatic rings. The molecule has 2 aromatic carbocycles. The largest absolute Gasteiger partial charge is 0.306 e. The molecule has 0 spiro atoms. The predicted octanol–water partition coefficient (Wildman–Crippen LogP) is 5.65. The van der Waals surface area contributed by atoms with Crippen molar-refractivity contribution in [2.24, 2.45) is 0 Å². The molecule has 0 saturated heterocycles. The van der Waals surface area contributed by atoms with Crippen LogP contribution in [0.2, 0.25) is 5.02 Å². The summed E-state index contributed by atoms with van der Waals surface area (Å²) in [5.74, 6) is 0. The molecule has 2 rings (SSSR count). The zero-order valence-corrected chi connectivity index (χ0v) is 15.6. The summed E-state index contributed by atoms with van der Waals surface area (Å²) in [6.07, 6.45) is 1.11. The summed E-state index contributed by atoms with van der Waals surface area (Å²) < 4.78 is 1.09. The van der Waals surface area contributed by atoms with Gasteiger partial charge in [-0.2, -0.15) is 0 Å². The molecule has 0 aliphatic heterocycles. The van der Waals surface area contributed by atoms with E-state index in [4.69, 9.17) is 11.6 Å². The van der Waals surface area contributed by atoms with Crippen LogP contribution in [-0.4, -0.2) is 6.54 Å². The molecule has 3 heteroatoms. The van der Waals surface area contributed by atoms with Crippen molar-refractivity contribution in [3.63, 3.8) is 0 Å². The van der Waals surface area contributed by atoms with Crippen molar-refractivity contribution < 1.29 is 0 Å². The Morgan fingerprint density at radius 2 is 1.90 bits per heavy atom. The molecule has 1 atom stereocenters. The second-order valence-electron chi connectivity index (χ2n) is 5.42. The molecule has 0 aliphatic rings. The molecule has 1 nitrogen and oxygen atoms in total. The number of rotatable bonds is 5. The van der Waals surface area contributed by atoms with Gasteiger partial charge in [0.2, 0.25) is 0 Å². The Hall–Kier alpha value is -0.580. The number of hydrogen-bond acceptors (Lipinski definition) is 1. The lowest BCUT2D eigenvalue weighted by molar-refractivity contribution is 0.596. The lowest BCUT2D eigenvalue weighted by atomic mass is 9.93. The second-order valence-corrected chi connectivity index (χ2v) is 6.99. The van der Waals surface area contributed by atoms with E-state index in [0.29, 0.717) is 0 Å². The first-order valence-corrected chi connectivity index (χ1v) is 8.74. The van der Waals surface area contributed by atoms with Crippen LogP contribution < -0.4 is 5.32 Å². The van der Waals surface area contributed by atoms with E-state index in [1.807, 2.05) is 0 Å². The van der Waals surface area contributed by atoms with Gasteiger partial charge in [0.15, 0.2) is 0 Å². The molecule has 0 aliphatic carbocycles. The molecule has 0 radical (unpaired) electrons. The van der Waals surface area contributed by atoms with Crippen molar-refractivity contribution in [3.05, 3.63) is 67.2 Å². The highest BCUT2D eigenvalue weighted by Crippen LogP contribution is 2.29. The minimum absolute atomic E-state index is 0.194. The Labute approximate surface area is 146 Å². The lowest BCUT2D eigenvalue weighted by Gasteiger charge is -2.22. The summed E-state index contributed by atoms with van der Waals surface area (Å²) in [7, 11) is 0. The van der Waals surface area contributed by atoms with Crippen LogP contribution in [0.3, 0.4) is 0 Å². The fourth-order valence-electron chi connectivity index (χ4n) is 2.46. The van der Waals surface area contributed by atoms with Crippen molar-refractivity contribution in [2.75, 3.05) is 6.54 Å². The van der Waals surface area contributed by atoms with Crippen LogP contribution in [0.4, 0.5) is 0 Å². The van der Waals surface area contributed by atoms with Gasteiger partial charge in [0.1, 0.15) is 0 Å². The van der Waals surface area contributed by atoms with E-state index in [1.165, 1.54) is 22.3 Å². The third-order valence-electron chi connectivity index (χ3n) is 3.62. The van der Waals surface area contributed by atoms with E-state index < -0.39 is 0 Å². The Balaban J connectivity index is 2.46. The molecule has 0 aromatic heterocycles. The van der Waals surface area contributed by atoms with Gasteiger partial charge in [-0.15, -0.1) is 0 Å². The number of aryl methyl sites for hydroxylation is 2. The van der Waals surface area contributed by atoms with Crippen LogP contribution in [0, 0.1) is 17.4 Å². The molecule has 1 N–H and O–H groups in total. The zero-order chi connectivity index (χ0) is 15.4. The molecular formula is C18H21ClIN. The van der Waals surface area contributed by atoms with Crippen molar-refractivity contribution in [1.82, 2.24) is 5.32 Å².